The average Bonchev–Trinajstić information content (AvgIpc) is 3.15. The van der Waals surface area contributed by atoms with Crippen molar-refractivity contribution >= 4 is 33.8 Å². The minimum Gasteiger partial charge on any atom is -0.497 e. The molecule has 2 N–H and O–H groups in total. The van der Waals surface area contributed by atoms with Crippen LogP contribution in [0.1, 0.15) is 27.2 Å². The van der Waals surface area contributed by atoms with Crippen LogP contribution in [0.3, 0.4) is 0 Å². The molecule has 1 aromatic heterocycles. The highest BCUT2D eigenvalue weighted by molar-refractivity contribution is 7.17. The quantitative estimate of drug-likeness (QED) is 0.837. The molecule has 3 rings (SSSR count). The van der Waals surface area contributed by atoms with E-state index in [4.69, 9.17) is 4.74 Å². The third kappa shape index (κ3) is 3.67. The molecule has 9 heteroatoms. The Labute approximate surface area is 151 Å². The monoisotopic (exact) mass is 384 g/mol. The zero-order valence-corrected chi connectivity index (χ0v) is 14.5. The highest BCUT2D eigenvalue weighted by atomic mass is 32.1. The molecule has 1 heterocycles. The number of anilines is 2. The first kappa shape index (κ1) is 18.2. The lowest BCUT2D eigenvalue weighted by molar-refractivity contribution is -0.167. The second-order valence-electron chi connectivity index (χ2n) is 5.70. The van der Waals surface area contributed by atoms with Crippen LogP contribution in [0.4, 0.5) is 23.9 Å². The van der Waals surface area contributed by atoms with Crippen LogP contribution in [0.25, 0.3) is 0 Å². The third-order valence-corrected chi connectivity index (χ3v) is 5.19. The molecule has 26 heavy (non-hydrogen) atoms. The van der Waals surface area contributed by atoms with Crippen LogP contribution in [0.15, 0.2) is 24.3 Å². The van der Waals surface area contributed by atoms with Crippen LogP contribution in [-0.4, -0.2) is 25.1 Å². The van der Waals surface area contributed by atoms with Crippen LogP contribution in [0, 0.1) is 0 Å². The molecule has 138 valence electrons. The van der Waals surface area contributed by atoms with Gasteiger partial charge >= 0.3 is 12.1 Å². The number of carbonyl (C=O) groups is 2. The van der Waals surface area contributed by atoms with E-state index in [1.165, 1.54) is 7.11 Å². The van der Waals surface area contributed by atoms with Gasteiger partial charge in [0.15, 0.2) is 0 Å². The number of hydrogen-bond acceptors (Lipinski definition) is 4. The Bertz CT molecular complexity index is 844. The number of aryl methyl sites for hydroxylation is 1. The van der Waals surface area contributed by atoms with Crippen LogP contribution in [-0.2, 0) is 17.6 Å². The summed E-state index contributed by atoms with van der Waals surface area (Å²) in [4.78, 5) is 24.8. The first-order valence-corrected chi connectivity index (χ1v) is 8.59. The molecule has 1 aliphatic carbocycles. The summed E-state index contributed by atoms with van der Waals surface area (Å²) >= 11 is 1.03. The lowest BCUT2D eigenvalue weighted by atomic mass is 10.1. The minimum absolute atomic E-state index is 0.0666. The van der Waals surface area contributed by atoms with Gasteiger partial charge in [0.25, 0.3) is 5.91 Å². The van der Waals surface area contributed by atoms with Crippen LogP contribution in [0.2, 0.25) is 0 Å². The number of benzene rings is 1. The van der Waals surface area contributed by atoms with E-state index in [0.29, 0.717) is 29.8 Å². The Balaban J connectivity index is 1.87. The van der Waals surface area contributed by atoms with E-state index >= 15 is 0 Å². The SMILES string of the molecule is COc1ccc(NC(=O)c2c(NC(=O)C(F)(F)F)sc3c2CCC3)cc1. The van der Waals surface area contributed by atoms with Crippen molar-refractivity contribution < 1.29 is 27.5 Å². The van der Waals surface area contributed by atoms with Crippen LogP contribution >= 0.6 is 11.3 Å². The number of carbonyl (C=O) groups excluding carboxylic acids is 2. The molecule has 0 saturated carbocycles. The average molecular weight is 384 g/mol. The number of rotatable bonds is 4. The van der Waals surface area contributed by atoms with Crippen molar-refractivity contribution in [2.75, 3.05) is 17.7 Å². The smallest absolute Gasteiger partial charge is 0.471 e. The molecule has 0 spiro atoms. The maximum Gasteiger partial charge on any atom is 0.471 e. The largest absolute Gasteiger partial charge is 0.497 e. The Hall–Kier alpha value is -2.55. The van der Waals surface area contributed by atoms with Crippen molar-refractivity contribution in [3.05, 3.63) is 40.3 Å². The fraction of sp³-hybridized carbons (Fsp3) is 0.294. The van der Waals surface area contributed by atoms with E-state index in [-0.39, 0.29) is 10.6 Å². The maximum atomic E-state index is 12.7. The first-order valence-electron chi connectivity index (χ1n) is 7.77. The molecule has 2 amide bonds. The summed E-state index contributed by atoms with van der Waals surface area (Å²) in [6.07, 6.45) is -2.90. The van der Waals surface area contributed by atoms with Gasteiger partial charge in [-0.05, 0) is 49.1 Å². The summed E-state index contributed by atoms with van der Waals surface area (Å²) in [6.45, 7) is 0. The molecular weight excluding hydrogens is 369 g/mol. The van der Waals surface area contributed by atoms with E-state index in [9.17, 15) is 22.8 Å². The second kappa shape index (κ2) is 6.99. The van der Waals surface area contributed by atoms with Crippen molar-refractivity contribution in [3.8, 4) is 5.75 Å². The summed E-state index contributed by atoms with van der Waals surface area (Å²) in [6, 6.07) is 6.55. The summed E-state index contributed by atoms with van der Waals surface area (Å²) in [5.41, 5.74) is 1.29. The molecule has 0 saturated heterocycles. The Morgan fingerprint density at radius 3 is 2.42 bits per heavy atom. The van der Waals surface area contributed by atoms with E-state index in [1.807, 2.05) is 5.32 Å². The van der Waals surface area contributed by atoms with Gasteiger partial charge in [-0.25, -0.2) is 0 Å². The Morgan fingerprint density at radius 1 is 1.12 bits per heavy atom. The number of ether oxygens (including phenoxy) is 1. The molecule has 0 atom stereocenters. The zero-order chi connectivity index (χ0) is 18.9. The fourth-order valence-electron chi connectivity index (χ4n) is 2.77. The third-order valence-electron chi connectivity index (χ3n) is 3.98. The van der Waals surface area contributed by atoms with E-state index in [2.05, 4.69) is 5.32 Å². The van der Waals surface area contributed by atoms with Gasteiger partial charge < -0.3 is 15.4 Å². The van der Waals surface area contributed by atoms with Crippen LogP contribution < -0.4 is 15.4 Å². The van der Waals surface area contributed by atoms with Crippen molar-refractivity contribution in [1.82, 2.24) is 0 Å². The Kier molecular flexibility index (Phi) is 4.90. The first-order chi connectivity index (χ1) is 12.3. The summed E-state index contributed by atoms with van der Waals surface area (Å²) in [5.74, 6) is -2.03. The van der Waals surface area contributed by atoms with Gasteiger partial charge in [0.2, 0.25) is 0 Å². The van der Waals surface area contributed by atoms with E-state index in [0.717, 1.165) is 22.6 Å². The van der Waals surface area contributed by atoms with E-state index in [1.54, 1.807) is 24.3 Å². The molecule has 1 aliphatic rings. The normalized spacial score (nSPS) is 13.2. The predicted octanol–water partition coefficient (Wildman–Crippen LogP) is 4.00. The fourth-order valence-corrected chi connectivity index (χ4v) is 4.06. The van der Waals surface area contributed by atoms with E-state index < -0.39 is 18.0 Å². The molecule has 0 unspecified atom stereocenters. The number of hydrogen-bond donors (Lipinski definition) is 2. The lowest BCUT2D eigenvalue weighted by Gasteiger charge is -2.11. The molecule has 0 bridgehead atoms. The molecule has 1 aromatic carbocycles. The maximum absolute atomic E-state index is 12.7. The summed E-state index contributed by atoms with van der Waals surface area (Å²) in [7, 11) is 1.51. The number of amides is 2. The highest BCUT2D eigenvalue weighted by Crippen LogP contribution is 2.40. The van der Waals surface area contributed by atoms with Gasteiger partial charge in [-0.1, -0.05) is 0 Å². The molecule has 0 aliphatic heterocycles. The van der Waals surface area contributed by atoms with Crippen molar-refractivity contribution in [2.24, 2.45) is 0 Å². The molecule has 0 fully saturated rings. The molecule has 0 radical (unpaired) electrons. The van der Waals surface area contributed by atoms with Gasteiger partial charge in [-0.3, -0.25) is 9.59 Å². The van der Waals surface area contributed by atoms with Crippen LogP contribution in [0.5, 0.6) is 5.75 Å². The Morgan fingerprint density at radius 2 is 1.81 bits per heavy atom. The lowest BCUT2D eigenvalue weighted by Crippen LogP contribution is -2.30. The van der Waals surface area contributed by atoms with Gasteiger partial charge in [0.1, 0.15) is 10.8 Å². The van der Waals surface area contributed by atoms with Crippen molar-refractivity contribution in [2.45, 2.75) is 25.4 Å². The van der Waals surface area contributed by atoms with Gasteiger partial charge in [-0.15, -0.1) is 11.3 Å². The highest BCUT2D eigenvalue weighted by Gasteiger charge is 2.40. The summed E-state index contributed by atoms with van der Waals surface area (Å²) in [5, 5.41) is 4.43. The van der Waals surface area contributed by atoms with Gasteiger partial charge in [0, 0.05) is 10.6 Å². The number of alkyl halides is 3. The molecule has 5 nitrogen and oxygen atoms in total. The zero-order valence-electron chi connectivity index (χ0n) is 13.7. The van der Waals surface area contributed by atoms with Gasteiger partial charge in [-0.2, -0.15) is 13.2 Å². The topological polar surface area (TPSA) is 67.4 Å². The number of methoxy groups -OCH3 is 1. The number of halogens is 3. The number of nitrogens with one attached hydrogen (secondary N) is 2. The van der Waals surface area contributed by atoms with Crippen molar-refractivity contribution in [3.63, 3.8) is 0 Å². The molecular formula is C17H15F3N2O3S. The van der Waals surface area contributed by atoms with Crippen molar-refractivity contribution in [1.29, 1.82) is 0 Å². The predicted molar refractivity (Wildman–Crippen MR) is 92.0 cm³/mol. The summed E-state index contributed by atoms with van der Waals surface area (Å²) < 4.78 is 42.7. The van der Waals surface area contributed by atoms with Gasteiger partial charge in [0.05, 0.1) is 12.7 Å². The minimum atomic E-state index is -5.02. The number of thiophene rings is 1. The number of fused-ring (bicyclic) bond motifs is 1. The standard InChI is InChI=1S/C17H15F3N2O3S/c1-25-10-7-5-9(6-8-10)21-14(23)13-11-3-2-4-12(11)26-15(13)22-16(24)17(18,19)20/h5-8H,2-4H2,1H3,(H,21,23)(H,22,24). The molecule has 2 aromatic rings. The second-order valence-corrected chi connectivity index (χ2v) is 6.80.